The molecule has 0 aliphatic heterocycles. The van der Waals surface area contributed by atoms with Gasteiger partial charge in [-0.2, -0.15) is 0 Å². The zero-order valence-electron chi connectivity index (χ0n) is 10.9. The van der Waals surface area contributed by atoms with Crippen LogP contribution in [0.25, 0.3) is 11.2 Å². The molecule has 1 saturated carbocycles. The van der Waals surface area contributed by atoms with Crippen molar-refractivity contribution in [2.75, 3.05) is 0 Å². The van der Waals surface area contributed by atoms with Gasteiger partial charge in [0.15, 0.2) is 5.65 Å². The molecule has 2 heterocycles. The molecule has 0 aromatic carbocycles. The second-order valence-corrected chi connectivity index (χ2v) is 6.64. The Bertz CT molecular complexity index is 596. The number of halogens is 2. The van der Waals surface area contributed by atoms with Crippen molar-refractivity contribution >= 4 is 38.7 Å². The summed E-state index contributed by atoms with van der Waals surface area (Å²) >= 11 is 9.53. The number of hydrogen-bond acceptors (Lipinski definition) is 2. The van der Waals surface area contributed by atoms with Crippen molar-refractivity contribution in [2.45, 2.75) is 44.5 Å². The topological polar surface area (TPSA) is 30.7 Å². The summed E-state index contributed by atoms with van der Waals surface area (Å²) in [6, 6.07) is 2.51. The van der Waals surface area contributed by atoms with Crippen LogP contribution in [0.5, 0.6) is 0 Å². The number of pyridine rings is 1. The number of imidazole rings is 1. The lowest BCUT2D eigenvalue weighted by Gasteiger charge is -2.29. The molecule has 2 aromatic rings. The second kappa shape index (κ2) is 5.41. The molecule has 2 unspecified atom stereocenters. The summed E-state index contributed by atoms with van der Waals surface area (Å²) in [7, 11) is 0. The molecule has 1 aliphatic carbocycles. The molecule has 1 aliphatic rings. The SMILES string of the molecule is CC1CCCC(n2c(CCl)nc3cc(Br)cnc32)C1. The van der Waals surface area contributed by atoms with Gasteiger partial charge < -0.3 is 4.57 Å². The van der Waals surface area contributed by atoms with Gasteiger partial charge in [-0.15, -0.1) is 11.6 Å². The molecule has 102 valence electrons. The minimum absolute atomic E-state index is 0.443. The maximum Gasteiger partial charge on any atom is 0.160 e. The van der Waals surface area contributed by atoms with Crippen molar-refractivity contribution < 1.29 is 0 Å². The van der Waals surface area contributed by atoms with E-state index in [2.05, 4.69) is 37.4 Å². The highest BCUT2D eigenvalue weighted by molar-refractivity contribution is 9.10. The molecular formula is C14H17BrClN3. The van der Waals surface area contributed by atoms with Crippen molar-refractivity contribution in [1.29, 1.82) is 0 Å². The fourth-order valence-corrected chi connectivity index (χ4v) is 3.63. The van der Waals surface area contributed by atoms with E-state index in [9.17, 15) is 0 Å². The van der Waals surface area contributed by atoms with Crippen LogP contribution in [0.3, 0.4) is 0 Å². The first-order valence-electron chi connectivity index (χ1n) is 6.77. The third-order valence-electron chi connectivity index (χ3n) is 3.96. The predicted molar refractivity (Wildman–Crippen MR) is 81.5 cm³/mol. The van der Waals surface area contributed by atoms with Gasteiger partial charge in [-0.1, -0.05) is 19.8 Å². The van der Waals surface area contributed by atoms with Gasteiger partial charge in [0.2, 0.25) is 0 Å². The summed E-state index contributed by atoms with van der Waals surface area (Å²) in [5.41, 5.74) is 1.90. The lowest BCUT2D eigenvalue weighted by atomic mass is 9.87. The molecule has 3 rings (SSSR count). The molecule has 2 aromatic heterocycles. The van der Waals surface area contributed by atoms with E-state index in [4.69, 9.17) is 11.6 Å². The van der Waals surface area contributed by atoms with Crippen LogP contribution in [0.15, 0.2) is 16.7 Å². The zero-order valence-corrected chi connectivity index (χ0v) is 13.3. The highest BCUT2D eigenvalue weighted by Crippen LogP contribution is 2.35. The van der Waals surface area contributed by atoms with Gasteiger partial charge in [0.1, 0.15) is 11.3 Å². The van der Waals surface area contributed by atoms with E-state index in [1.54, 1.807) is 0 Å². The van der Waals surface area contributed by atoms with Gasteiger partial charge in [0.25, 0.3) is 0 Å². The highest BCUT2D eigenvalue weighted by atomic mass is 79.9. The molecule has 0 amide bonds. The summed E-state index contributed by atoms with van der Waals surface area (Å²) in [6.45, 7) is 2.33. The summed E-state index contributed by atoms with van der Waals surface area (Å²) in [5.74, 6) is 2.16. The lowest BCUT2D eigenvalue weighted by molar-refractivity contribution is 0.283. The molecule has 19 heavy (non-hydrogen) atoms. The summed E-state index contributed by atoms with van der Waals surface area (Å²) < 4.78 is 3.23. The Balaban J connectivity index is 2.10. The number of hydrogen-bond donors (Lipinski definition) is 0. The Kier molecular flexibility index (Phi) is 3.81. The van der Waals surface area contributed by atoms with Crippen LogP contribution in [0.1, 0.15) is 44.5 Å². The molecule has 0 radical (unpaired) electrons. The van der Waals surface area contributed by atoms with E-state index in [0.29, 0.717) is 11.9 Å². The van der Waals surface area contributed by atoms with E-state index in [0.717, 1.165) is 27.4 Å². The third kappa shape index (κ3) is 2.52. The molecule has 2 atom stereocenters. The van der Waals surface area contributed by atoms with Crippen LogP contribution in [0, 0.1) is 5.92 Å². The van der Waals surface area contributed by atoms with Gasteiger partial charge in [0.05, 0.1) is 5.88 Å². The van der Waals surface area contributed by atoms with Crippen LogP contribution in [-0.2, 0) is 5.88 Å². The maximum atomic E-state index is 6.08. The van der Waals surface area contributed by atoms with Crippen molar-refractivity contribution in [3.05, 3.63) is 22.6 Å². The Hall–Kier alpha value is -0.610. The van der Waals surface area contributed by atoms with Gasteiger partial charge in [-0.3, -0.25) is 0 Å². The quantitative estimate of drug-likeness (QED) is 0.742. The number of nitrogens with zero attached hydrogens (tertiary/aromatic N) is 3. The van der Waals surface area contributed by atoms with Crippen LogP contribution < -0.4 is 0 Å². The van der Waals surface area contributed by atoms with E-state index in [-0.39, 0.29) is 0 Å². The first kappa shape index (κ1) is 13.4. The smallest absolute Gasteiger partial charge is 0.160 e. The van der Waals surface area contributed by atoms with Crippen molar-refractivity contribution in [3.8, 4) is 0 Å². The summed E-state index contributed by atoms with van der Waals surface area (Å²) in [6.07, 6.45) is 6.86. The van der Waals surface area contributed by atoms with Crippen molar-refractivity contribution in [1.82, 2.24) is 14.5 Å². The molecule has 5 heteroatoms. The van der Waals surface area contributed by atoms with Crippen LogP contribution in [0.2, 0.25) is 0 Å². The van der Waals surface area contributed by atoms with Crippen LogP contribution >= 0.6 is 27.5 Å². The standard InChI is InChI=1S/C14H17BrClN3/c1-9-3-2-4-11(5-9)19-13(7-16)18-12-6-10(15)8-17-14(12)19/h6,8-9,11H,2-5,7H2,1H3. The Labute approximate surface area is 126 Å². The minimum Gasteiger partial charge on any atom is -0.309 e. The number of aromatic nitrogens is 3. The molecular weight excluding hydrogens is 326 g/mol. The van der Waals surface area contributed by atoms with Crippen molar-refractivity contribution in [2.24, 2.45) is 5.92 Å². The van der Waals surface area contributed by atoms with E-state index >= 15 is 0 Å². The van der Waals surface area contributed by atoms with Crippen LogP contribution in [0.4, 0.5) is 0 Å². The van der Waals surface area contributed by atoms with Gasteiger partial charge in [-0.25, -0.2) is 9.97 Å². The summed E-state index contributed by atoms with van der Waals surface area (Å²) in [5, 5.41) is 0. The average Bonchev–Trinajstić information content (AvgIpc) is 2.76. The van der Waals surface area contributed by atoms with Crippen LogP contribution in [-0.4, -0.2) is 14.5 Å². The highest BCUT2D eigenvalue weighted by Gasteiger charge is 2.24. The van der Waals surface area contributed by atoms with E-state index in [1.807, 2.05) is 12.3 Å². The van der Waals surface area contributed by atoms with E-state index in [1.165, 1.54) is 25.7 Å². The molecule has 0 saturated heterocycles. The molecule has 0 N–H and O–H groups in total. The van der Waals surface area contributed by atoms with Gasteiger partial charge in [-0.05, 0) is 40.8 Å². The normalized spacial score (nSPS) is 23.9. The minimum atomic E-state index is 0.443. The first-order chi connectivity index (χ1) is 9.19. The monoisotopic (exact) mass is 341 g/mol. The Morgan fingerprint density at radius 2 is 2.32 bits per heavy atom. The van der Waals surface area contributed by atoms with Gasteiger partial charge in [0, 0.05) is 16.7 Å². The first-order valence-corrected chi connectivity index (χ1v) is 8.10. The third-order valence-corrected chi connectivity index (χ3v) is 4.64. The second-order valence-electron chi connectivity index (χ2n) is 5.45. The molecule has 0 bridgehead atoms. The Morgan fingerprint density at radius 1 is 1.47 bits per heavy atom. The number of fused-ring (bicyclic) bond motifs is 1. The van der Waals surface area contributed by atoms with Gasteiger partial charge >= 0.3 is 0 Å². The lowest BCUT2D eigenvalue weighted by Crippen LogP contribution is -2.19. The molecule has 3 nitrogen and oxygen atoms in total. The van der Waals surface area contributed by atoms with Crippen molar-refractivity contribution in [3.63, 3.8) is 0 Å². The fraction of sp³-hybridized carbons (Fsp3) is 0.571. The largest absolute Gasteiger partial charge is 0.309 e. The predicted octanol–water partition coefficient (Wildman–Crippen LogP) is 4.68. The zero-order chi connectivity index (χ0) is 13.4. The summed E-state index contributed by atoms with van der Waals surface area (Å²) in [4.78, 5) is 9.18. The fourth-order valence-electron chi connectivity index (χ4n) is 3.12. The molecule has 0 spiro atoms. The Morgan fingerprint density at radius 3 is 3.05 bits per heavy atom. The average molecular weight is 343 g/mol. The van der Waals surface area contributed by atoms with E-state index < -0.39 is 0 Å². The number of rotatable bonds is 2. The maximum absolute atomic E-state index is 6.08. The number of alkyl halides is 1. The molecule has 1 fully saturated rings.